The molecule has 1 fully saturated rings. The highest BCUT2D eigenvalue weighted by molar-refractivity contribution is 6.07. The van der Waals surface area contributed by atoms with Gasteiger partial charge in [-0.2, -0.15) is 13.2 Å². The molecule has 0 unspecified atom stereocenters. The van der Waals surface area contributed by atoms with E-state index in [-0.39, 0.29) is 12.4 Å². The first kappa shape index (κ1) is 14.6. The van der Waals surface area contributed by atoms with Crippen LogP contribution in [0.5, 0.6) is 0 Å². The van der Waals surface area contributed by atoms with Crippen LogP contribution in [0.2, 0.25) is 0 Å². The fourth-order valence-electron chi connectivity index (χ4n) is 2.05. The summed E-state index contributed by atoms with van der Waals surface area (Å²) in [4.78, 5) is 12.8. The number of hydrogen-bond acceptors (Lipinski definition) is 3. The molecule has 0 bridgehead atoms. The van der Waals surface area contributed by atoms with E-state index in [1.807, 2.05) is 0 Å². The number of oxime groups is 1. The maximum absolute atomic E-state index is 12.3. The summed E-state index contributed by atoms with van der Waals surface area (Å²) in [5, 5.41) is 11.4. The Balaban J connectivity index is 2.89. The molecule has 18 heavy (non-hydrogen) atoms. The highest BCUT2D eigenvalue weighted by atomic mass is 19.4. The molecule has 1 amide bonds. The van der Waals surface area contributed by atoms with Crippen LogP contribution >= 0.6 is 0 Å². The highest BCUT2D eigenvalue weighted by Gasteiger charge is 2.51. The van der Waals surface area contributed by atoms with Crippen LogP contribution in [-0.2, 0) is 4.79 Å². The van der Waals surface area contributed by atoms with Gasteiger partial charge in [0.25, 0.3) is 0 Å². The average Bonchev–Trinajstić information content (AvgIpc) is 2.22. The molecule has 1 aliphatic carbocycles. The van der Waals surface area contributed by atoms with Crippen LogP contribution in [0.4, 0.5) is 13.2 Å². The predicted molar refractivity (Wildman–Crippen MR) is 58.0 cm³/mol. The van der Waals surface area contributed by atoms with Gasteiger partial charge in [-0.3, -0.25) is 4.79 Å². The van der Waals surface area contributed by atoms with Crippen LogP contribution in [0.1, 0.15) is 26.2 Å². The molecule has 0 aromatic carbocycles. The third-order valence-corrected chi connectivity index (χ3v) is 3.25. The summed E-state index contributed by atoms with van der Waals surface area (Å²) in [6.07, 6.45) is -3.15. The molecule has 0 saturated heterocycles. The molecule has 0 heterocycles. The van der Waals surface area contributed by atoms with Crippen molar-refractivity contribution in [3.8, 4) is 0 Å². The van der Waals surface area contributed by atoms with Crippen molar-refractivity contribution >= 4 is 11.7 Å². The van der Waals surface area contributed by atoms with Crippen LogP contribution < -0.4 is 5.73 Å². The molecule has 0 radical (unpaired) electrons. The van der Waals surface area contributed by atoms with E-state index in [1.54, 1.807) is 0 Å². The Morgan fingerprint density at radius 1 is 1.50 bits per heavy atom. The third kappa shape index (κ3) is 2.68. The van der Waals surface area contributed by atoms with Gasteiger partial charge in [0.1, 0.15) is 12.0 Å². The number of nitrogens with zero attached hydrogens (tertiary/aromatic N) is 2. The Kier molecular flexibility index (Phi) is 4.08. The fourth-order valence-corrected chi connectivity index (χ4v) is 2.05. The Morgan fingerprint density at radius 3 is 2.33 bits per heavy atom. The Morgan fingerprint density at radius 2 is 2.06 bits per heavy atom. The molecule has 0 spiro atoms. The van der Waals surface area contributed by atoms with Crippen LogP contribution in [0, 0.1) is 5.41 Å². The van der Waals surface area contributed by atoms with Crippen molar-refractivity contribution in [1.29, 1.82) is 0 Å². The second-order valence-electron chi connectivity index (χ2n) is 4.36. The second kappa shape index (κ2) is 5.03. The lowest BCUT2D eigenvalue weighted by Gasteiger charge is -2.42. The van der Waals surface area contributed by atoms with Gasteiger partial charge in [-0.05, 0) is 19.8 Å². The highest BCUT2D eigenvalue weighted by Crippen LogP contribution is 2.43. The Hall–Kier alpha value is -1.47. The molecule has 8 heteroatoms. The van der Waals surface area contributed by atoms with E-state index in [4.69, 9.17) is 10.9 Å². The van der Waals surface area contributed by atoms with Crippen LogP contribution in [0.15, 0.2) is 5.16 Å². The lowest BCUT2D eigenvalue weighted by molar-refractivity contribution is -0.167. The summed E-state index contributed by atoms with van der Waals surface area (Å²) < 4.78 is 37.0. The van der Waals surface area contributed by atoms with Gasteiger partial charge in [-0.1, -0.05) is 11.6 Å². The van der Waals surface area contributed by atoms with Crippen molar-refractivity contribution in [3.63, 3.8) is 0 Å². The Labute approximate surface area is 102 Å². The number of rotatable bonds is 4. The average molecular weight is 267 g/mol. The number of amidine groups is 1. The van der Waals surface area contributed by atoms with Gasteiger partial charge >= 0.3 is 6.18 Å². The number of nitrogens with two attached hydrogens (primary N) is 1. The zero-order valence-electron chi connectivity index (χ0n) is 10.00. The zero-order valence-corrected chi connectivity index (χ0v) is 10.00. The van der Waals surface area contributed by atoms with Crippen LogP contribution in [0.25, 0.3) is 0 Å². The number of carbonyl (C=O) groups excluding carboxylic acids is 1. The fraction of sp³-hybridized carbons (Fsp3) is 0.800. The molecule has 0 aromatic rings. The van der Waals surface area contributed by atoms with Crippen molar-refractivity contribution in [1.82, 2.24) is 4.90 Å². The van der Waals surface area contributed by atoms with E-state index in [1.165, 1.54) is 6.92 Å². The van der Waals surface area contributed by atoms with Gasteiger partial charge in [0.2, 0.25) is 5.91 Å². The summed E-state index contributed by atoms with van der Waals surface area (Å²) in [5.74, 6) is -1.02. The summed E-state index contributed by atoms with van der Waals surface area (Å²) in [5.41, 5.74) is 4.19. The summed E-state index contributed by atoms with van der Waals surface area (Å²) in [6, 6.07) is 0. The van der Waals surface area contributed by atoms with Gasteiger partial charge in [0.05, 0.1) is 0 Å². The molecule has 1 aliphatic rings. The van der Waals surface area contributed by atoms with E-state index in [9.17, 15) is 18.0 Å². The second-order valence-corrected chi connectivity index (χ2v) is 4.36. The maximum atomic E-state index is 12.3. The SMILES string of the molecule is CCN(CC(F)(F)F)C(=O)C1(C(N)=NO)CCC1. The van der Waals surface area contributed by atoms with E-state index in [2.05, 4.69) is 5.16 Å². The van der Waals surface area contributed by atoms with E-state index in [0.717, 1.165) is 0 Å². The smallest absolute Gasteiger partial charge is 0.406 e. The first-order chi connectivity index (χ1) is 8.27. The number of halogens is 3. The summed E-state index contributed by atoms with van der Waals surface area (Å²) >= 11 is 0. The molecule has 0 aliphatic heterocycles. The van der Waals surface area contributed by atoms with Crippen molar-refractivity contribution in [2.24, 2.45) is 16.3 Å². The molecule has 5 nitrogen and oxygen atoms in total. The minimum atomic E-state index is -4.46. The maximum Gasteiger partial charge on any atom is 0.406 e. The molecule has 1 saturated carbocycles. The van der Waals surface area contributed by atoms with Crippen LogP contribution in [-0.4, -0.2) is 41.1 Å². The van der Waals surface area contributed by atoms with Gasteiger partial charge in [0, 0.05) is 6.54 Å². The Bertz CT molecular complexity index is 351. The van der Waals surface area contributed by atoms with E-state index < -0.39 is 24.0 Å². The van der Waals surface area contributed by atoms with E-state index in [0.29, 0.717) is 24.2 Å². The predicted octanol–water partition coefficient (Wildman–Crippen LogP) is 1.31. The zero-order chi connectivity index (χ0) is 14.0. The molecule has 104 valence electrons. The molecule has 0 aromatic heterocycles. The number of carbonyl (C=O) groups is 1. The minimum Gasteiger partial charge on any atom is -0.409 e. The van der Waals surface area contributed by atoms with Gasteiger partial charge in [-0.25, -0.2) is 0 Å². The number of amides is 1. The lowest BCUT2D eigenvalue weighted by atomic mass is 9.67. The van der Waals surface area contributed by atoms with Crippen molar-refractivity contribution < 1.29 is 23.2 Å². The van der Waals surface area contributed by atoms with Gasteiger partial charge < -0.3 is 15.8 Å². The molecule has 1 rings (SSSR count). The first-order valence-corrected chi connectivity index (χ1v) is 5.61. The monoisotopic (exact) mass is 267 g/mol. The van der Waals surface area contributed by atoms with Crippen molar-refractivity contribution in [2.45, 2.75) is 32.4 Å². The topological polar surface area (TPSA) is 78.9 Å². The van der Waals surface area contributed by atoms with Gasteiger partial charge in [-0.15, -0.1) is 0 Å². The molecular formula is C10H16F3N3O2. The van der Waals surface area contributed by atoms with Crippen molar-refractivity contribution in [2.75, 3.05) is 13.1 Å². The normalized spacial score (nSPS) is 19.2. The first-order valence-electron chi connectivity index (χ1n) is 5.61. The molecule has 3 N–H and O–H groups in total. The summed E-state index contributed by atoms with van der Waals surface area (Å²) in [6.45, 7) is 0.0733. The molecule has 0 atom stereocenters. The largest absolute Gasteiger partial charge is 0.409 e. The van der Waals surface area contributed by atoms with Gasteiger partial charge in [0.15, 0.2) is 5.84 Å². The molecular weight excluding hydrogens is 251 g/mol. The number of hydrogen-bond donors (Lipinski definition) is 2. The lowest BCUT2D eigenvalue weighted by Crippen LogP contribution is -2.56. The van der Waals surface area contributed by atoms with E-state index >= 15 is 0 Å². The van der Waals surface area contributed by atoms with Crippen molar-refractivity contribution in [3.05, 3.63) is 0 Å². The standard InChI is InChI=1S/C10H16F3N3O2/c1-2-16(6-10(11,12)13)8(17)9(4-3-5-9)7(14)15-18/h18H,2-6H2,1H3,(H2,14,15). The number of alkyl halides is 3. The minimum absolute atomic E-state index is 0.0706. The van der Waals surface area contributed by atoms with Crippen LogP contribution in [0.3, 0.4) is 0 Å². The summed E-state index contributed by atoms with van der Waals surface area (Å²) in [7, 11) is 0. The quantitative estimate of drug-likeness (QED) is 0.349. The third-order valence-electron chi connectivity index (χ3n) is 3.25.